The van der Waals surface area contributed by atoms with Crippen LogP contribution in [0.1, 0.15) is 36.3 Å². The Labute approximate surface area is 132 Å². The van der Waals surface area contributed by atoms with E-state index in [0.29, 0.717) is 22.4 Å². The highest BCUT2D eigenvalue weighted by molar-refractivity contribution is 7.13. The predicted octanol–water partition coefficient (Wildman–Crippen LogP) is 3.79. The summed E-state index contributed by atoms with van der Waals surface area (Å²) in [6.07, 6.45) is 0.875. The molecule has 5 nitrogen and oxygen atoms in total. The fourth-order valence-corrected chi connectivity index (χ4v) is 2.91. The van der Waals surface area contributed by atoms with Crippen molar-refractivity contribution in [3.63, 3.8) is 0 Å². The third-order valence-corrected chi connectivity index (χ3v) is 4.52. The highest BCUT2D eigenvalue weighted by Crippen LogP contribution is 2.29. The minimum atomic E-state index is -0.120. The predicted molar refractivity (Wildman–Crippen MR) is 87.1 cm³/mol. The van der Waals surface area contributed by atoms with Crippen LogP contribution in [0.25, 0.3) is 21.7 Å². The lowest BCUT2D eigenvalue weighted by molar-refractivity contribution is 0.0941. The highest BCUT2D eigenvalue weighted by Gasteiger charge is 2.20. The number of hydrogen-bond acceptors (Lipinski definition) is 5. The number of nitrogens with zero attached hydrogens (tertiary/aromatic N) is 2. The Kier molecular flexibility index (Phi) is 3.94. The zero-order chi connectivity index (χ0) is 15.7. The first-order valence-corrected chi connectivity index (χ1v) is 8.10. The molecule has 0 aromatic carbocycles. The van der Waals surface area contributed by atoms with Gasteiger partial charge >= 0.3 is 0 Å². The van der Waals surface area contributed by atoms with Gasteiger partial charge in [0, 0.05) is 6.04 Å². The van der Waals surface area contributed by atoms with Crippen molar-refractivity contribution < 1.29 is 9.32 Å². The molecule has 114 valence electrons. The molecule has 0 saturated heterocycles. The molecule has 0 fully saturated rings. The second-order valence-corrected chi connectivity index (χ2v) is 6.21. The fraction of sp³-hybridized carbons (Fsp3) is 0.312. The molecule has 0 bridgehead atoms. The van der Waals surface area contributed by atoms with Crippen LogP contribution in [-0.4, -0.2) is 22.1 Å². The Bertz CT molecular complexity index is 808. The van der Waals surface area contributed by atoms with Crippen LogP contribution in [0.5, 0.6) is 0 Å². The zero-order valence-electron chi connectivity index (χ0n) is 12.7. The lowest BCUT2D eigenvalue weighted by Gasteiger charge is -2.12. The average molecular weight is 315 g/mol. The van der Waals surface area contributed by atoms with Gasteiger partial charge in [-0.25, -0.2) is 4.98 Å². The molecule has 6 heteroatoms. The van der Waals surface area contributed by atoms with Crippen LogP contribution in [-0.2, 0) is 0 Å². The molecule has 22 heavy (non-hydrogen) atoms. The summed E-state index contributed by atoms with van der Waals surface area (Å²) in [5, 5.41) is 9.60. The summed E-state index contributed by atoms with van der Waals surface area (Å²) in [6.45, 7) is 5.84. The van der Waals surface area contributed by atoms with E-state index in [1.165, 1.54) is 0 Å². The first-order chi connectivity index (χ1) is 10.6. The van der Waals surface area contributed by atoms with Gasteiger partial charge in [-0.3, -0.25) is 4.79 Å². The van der Waals surface area contributed by atoms with Crippen LogP contribution >= 0.6 is 11.3 Å². The molecule has 0 spiro atoms. The van der Waals surface area contributed by atoms with Crippen LogP contribution in [0, 0.1) is 6.92 Å². The largest absolute Gasteiger partial charge is 0.350 e. The summed E-state index contributed by atoms with van der Waals surface area (Å²) >= 11 is 1.57. The van der Waals surface area contributed by atoms with Gasteiger partial charge in [-0.15, -0.1) is 11.3 Å². The van der Waals surface area contributed by atoms with E-state index in [-0.39, 0.29) is 11.9 Å². The molecule has 0 aliphatic heterocycles. The normalized spacial score (nSPS) is 12.5. The quantitative estimate of drug-likeness (QED) is 0.795. The first kappa shape index (κ1) is 14.7. The van der Waals surface area contributed by atoms with Gasteiger partial charge in [0.2, 0.25) is 0 Å². The number of aromatic nitrogens is 2. The minimum Gasteiger partial charge on any atom is -0.350 e. The topological polar surface area (TPSA) is 68.0 Å². The van der Waals surface area contributed by atoms with Gasteiger partial charge in [-0.1, -0.05) is 18.1 Å². The van der Waals surface area contributed by atoms with E-state index in [4.69, 9.17) is 4.52 Å². The van der Waals surface area contributed by atoms with E-state index >= 15 is 0 Å². The molecule has 1 amide bonds. The molecule has 3 rings (SSSR count). The fourth-order valence-electron chi connectivity index (χ4n) is 2.23. The number of carbonyl (C=O) groups is 1. The second kappa shape index (κ2) is 5.88. The number of fused-ring (bicyclic) bond motifs is 1. The molecule has 0 aliphatic carbocycles. The maximum absolute atomic E-state index is 12.6. The molecule has 3 heterocycles. The van der Waals surface area contributed by atoms with Gasteiger partial charge in [0.05, 0.1) is 27.2 Å². The molecule has 1 atom stereocenters. The summed E-state index contributed by atoms with van der Waals surface area (Å²) in [6, 6.07) is 5.85. The summed E-state index contributed by atoms with van der Waals surface area (Å²) in [7, 11) is 0. The lowest BCUT2D eigenvalue weighted by Crippen LogP contribution is -2.32. The van der Waals surface area contributed by atoms with E-state index in [1.807, 2.05) is 44.4 Å². The molecule has 1 N–H and O–H groups in total. The van der Waals surface area contributed by atoms with Gasteiger partial charge < -0.3 is 9.84 Å². The van der Waals surface area contributed by atoms with Crippen LogP contribution in [0.15, 0.2) is 28.1 Å². The van der Waals surface area contributed by atoms with E-state index in [9.17, 15) is 4.79 Å². The number of amides is 1. The Morgan fingerprint density at radius 2 is 2.32 bits per heavy atom. The van der Waals surface area contributed by atoms with Crippen molar-refractivity contribution in [3.8, 4) is 10.6 Å². The monoisotopic (exact) mass is 315 g/mol. The molecule has 3 aromatic heterocycles. The van der Waals surface area contributed by atoms with Gasteiger partial charge in [0.25, 0.3) is 11.6 Å². The third-order valence-electron chi connectivity index (χ3n) is 3.63. The van der Waals surface area contributed by atoms with Crippen LogP contribution in [0.3, 0.4) is 0 Å². The van der Waals surface area contributed by atoms with Crippen molar-refractivity contribution in [1.29, 1.82) is 0 Å². The number of aryl methyl sites for hydroxylation is 1. The van der Waals surface area contributed by atoms with Gasteiger partial charge in [-0.2, -0.15) is 0 Å². The average Bonchev–Trinajstić information content (AvgIpc) is 3.16. The molecular weight excluding hydrogens is 298 g/mol. The number of nitrogens with one attached hydrogen (secondary N) is 1. The van der Waals surface area contributed by atoms with E-state index in [2.05, 4.69) is 15.5 Å². The van der Waals surface area contributed by atoms with Gasteiger partial charge in [-0.05, 0) is 37.8 Å². The molecule has 0 radical (unpaired) electrons. The number of pyridine rings is 1. The molecule has 0 saturated carbocycles. The molecule has 0 aliphatic rings. The number of hydrogen-bond donors (Lipinski definition) is 1. The van der Waals surface area contributed by atoms with Gasteiger partial charge in [0.1, 0.15) is 0 Å². The van der Waals surface area contributed by atoms with Crippen molar-refractivity contribution in [1.82, 2.24) is 15.5 Å². The molecule has 0 unspecified atom stereocenters. The van der Waals surface area contributed by atoms with E-state index < -0.39 is 0 Å². The van der Waals surface area contributed by atoms with Crippen LogP contribution in [0.4, 0.5) is 0 Å². The van der Waals surface area contributed by atoms with Crippen molar-refractivity contribution in [2.75, 3.05) is 0 Å². The van der Waals surface area contributed by atoms with Crippen molar-refractivity contribution >= 4 is 28.3 Å². The number of rotatable bonds is 4. The maximum atomic E-state index is 12.6. The van der Waals surface area contributed by atoms with E-state index in [1.54, 1.807) is 11.3 Å². The Balaban J connectivity index is 2.13. The second-order valence-electron chi connectivity index (χ2n) is 5.26. The minimum absolute atomic E-state index is 0.112. The van der Waals surface area contributed by atoms with Gasteiger partial charge in [0.15, 0.2) is 0 Å². The van der Waals surface area contributed by atoms with Crippen molar-refractivity contribution in [3.05, 3.63) is 34.8 Å². The van der Waals surface area contributed by atoms with Crippen molar-refractivity contribution in [2.45, 2.75) is 33.2 Å². The standard InChI is InChI=1S/C16H17N3O2S/c1-4-9(2)17-15(20)11-8-12(13-6-5-7-22-13)18-16-14(11)10(3)19-21-16/h5-9H,4H2,1-3H3,(H,17,20)/t9-/m1/s1. The lowest BCUT2D eigenvalue weighted by atomic mass is 10.1. The third kappa shape index (κ3) is 2.62. The highest BCUT2D eigenvalue weighted by atomic mass is 32.1. The summed E-state index contributed by atoms with van der Waals surface area (Å²) in [5.74, 6) is -0.120. The summed E-state index contributed by atoms with van der Waals surface area (Å²) < 4.78 is 5.27. The summed E-state index contributed by atoms with van der Waals surface area (Å²) in [5.41, 5.74) is 2.37. The Morgan fingerprint density at radius 1 is 1.50 bits per heavy atom. The Morgan fingerprint density at radius 3 is 3.00 bits per heavy atom. The molecule has 3 aromatic rings. The number of thiophene rings is 1. The molecular formula is C16H17N3O2S. The van der Waals surface area contributed by atoms with Crippen LogP contribution < -0.4 is 5.32 Å². The SMILES string of the molecule is CC[C@@H](C)NC(=O)c1cc(-c2cccs2)nc2onc(C)c12. The maximum Gasteiger partial charge on any atom is 0.259 e. The van der Waals surface area contributed by atoms with E-state index in [0.717, 1.165) is 17.0 Å². The zero-order valence-corrected chi connectivity index (χ0v) is 13.5. The number of carbonyl (C=O) groups excluding carboxylic acids is 1. The smallest absolute Gasteiger partial charge is 0.259 e. The Hall–Kier alpha value is -2.21. The van der Waals surface area contributed by atoms with Crippen LogP contribution in [0.2, 0.25) is 0 Å². The first-order valence-electron chi connectivity index (χ1n) is 7.22. The van der Waals surface area contributed by atoms with Crippen molar-refractivity contribution in [2.24, 2.45) is 0 Å². The summed E-state index contributed by atoms with van der Waals surface area (Å²) in [4.78, 5) is 18.1.